The van der Waals surface area contributed by atoms with Crippen LogP contribution >= 0.6 is 0 Å². The van der Waals surface area contributed by atoms with E-state index in [1.165, 1.54) is 0 Å². The standard InChI is InChI=1S/C10H9N3/c1-2-4-10(5-3-1)6-8-13-9-7-11-12-13/h1-9H/b8-6+. The van der Waals surface area contributed by atoms with E-state index in [4.69, 9.17) is 0 Å². The van der Waals surface area contributed by atoms with Gasteiger partial charge < -0.3 is 0 Å². The van der Waals surface area contributed by atoms with Gasteiger partial charge in [0.05, 0.1) is 12.4 Å². The Balaban J connectivity index is 2.15. The van der Waals surface area contributed by atoms with Crippen LogP contribution in [-0.4, -0.2) is 15.0 Å². The van der Waals surface area contributed by atoms with Crippen LogP contribution in [0.1, 0.15) is 5.56 Å². The molecule has 0 aliphatic rings. The molecular formula is C10H9N3. The molecule has 0 aliphatic heterocycles. The van der Waals surface area contributed by atoms with Gasteiger partial charge in [-0.1, -0.05) is 35.5 Å². The number of nitrogens with zero attached hydrogens (tertiary/aromatic N) is 3. The summed E-state index contributed by atoms with van der Waals surface area (Å²) in [6, 6.07) is 10.1. The lowest BCUT2D eigenvalue weighted by Crippen LogP contribution is -1.85. The van der Waals surface area contributed by atoms with Gasteiger partial charge in [0.1, 0.15) is 0 Å². The lowest BCUT2D eigenvalue weighted by atomic mass is 10.2. The van der Waals surface area contributed by atoms with Crippen molar-refractivity contribution >= 4 is 12.3 Å². The van der Waals surface area contributed by atoms with E-state index < -0.39 is 0 Å². The molecule has 3 nitrogen and oxygen atoms in total. The Kier molecular flexibility index (Phi) is 2.18. The van der Waals surface area contributed by atoms with Crippen molar-refractivity contribution in [1.82, 2.24) is 15.0 Å². The molecule has 0 bridgehead atoms. The van der Waals surface area contributed by atoms with Gasteiger partial charge in [-0.25, -0.2) is 4.68 Å². The van der Waals surface area contributed by atoms with E-state index in [9.17, 15) is 0 Å². The normalized spacial score (nSPS) is 10.8. The SMILES string of the molecule is C(=C\n1ccnn1)/c1ccccc1. The predicted octanol–water partition coefficient (Wildman–Crippen LogP) is 1.91. The van der Waals surface area contributed by atoms with Crippen LogP contribution in [0, 0.1) is 0 Å². The summed E-state index contributed by atoms with van der Waals surface area (Å²) in [7, 11) is 0. The first-order valence-electron chi connectivity index (χ1n) is 4.04. The Morgan fingerprint density at radius 2 is 2.00 bits per heavy atom. The van der Waals surface area contributed by atoms with Crippen molar-refractivity contribution in [2.24, 2.45) is 0 Å². The maximum atomic E-state index is 3.81. The molecule has 0 saturated heterocycles. The fourth-order valence-corrected chi connectivity index (χ4v) is 1.02. The van der Waals surface area contributed by atoms with E-state index in [0.717, 1.165) is 5.56 Å². The van der Waals surface area contributed by atoms with Crippen LogP contribution in [0.25, 0.3) is 12.3 Å². The Bertz CT molecular complexity index is 376. The Morgan fingerprint density at radius 1 is 1.15 bits per heavy atom. The summed E-state index contributed by atoms with van der Waals surface area (Å²) in [5.41, 5.74) is 1.15. The van der Waals surface area contributed by atoms with Gasteiger partial charge in [0.25, 0.3) is 0 Å². The minimum atomic E-state index is 1.15. The summed E-state index contributed by atoms with van der Waals surface area (Å²) in [5, 5.41) is 7.51. The lowest BCUT2D eigenvalue weighted by molar-refractivity contribution is 0.842. The summed E-state index contributed by atoms with van der Waals surface area (Å²) in [6.45, 7) is 0. The third-order valence-electron chi connectivity index (χ3n) is 1.66. The second-order valence-electron chi connectivity index (χ2n) is 2.61. The molecule has 0 N–H and O–H groups in total. The summed E-state index contributed by atoms with van der Waals surface area (Å²) in [6.07, 6.45) is 7.28. The summed E-state index contributed by atoms with van der Waals surface area (Å²) >= 11 is 0. The molecule has 13 heavy (non-hydrogen) atoms. The minimum Gasteiger partial charge on any atom is -0.228 e. The molecule has 2 aromatic rings. The van der Waals surface area contributed by atoms with Gasteiger partial charge in [0.15, 0.2) is 0 Å². The maximum absolute atomic E-state index is 3.81. The molecule has 1 aromatic carbocycles. The minimum absolute atomic E-state index is 1.15. The van der Waals surface area contributed by atoms with E-state index >= 15 is 0 Å². The summed E-state index contributed by atoms with van der Waals surface area (Å²) < 4.78 is 1.66. The van der Waals surface area contributed by atoms with E-state index in [2.05, 4.69) is 10.3 Å². The summed E-state index contributed by atoms with van der Waals surface area (Å²) in [5.74, 6) is 0. The molecule has 0 saturated carbocycles. The number of benzene rings is 1. The quantitative estimate of drug-likeness (QED) is 0.691. The smallest absolute Gasteiger partial charge is 0.0697 e. The van der Waals surface area contributed by atoms with Crippen molar-refractivity contribution in [2.75, 3.05) is 0 Å². The van der Waals surface area contributed by atoms with Crippen molar-refractivity contribution in [3.63, 3.8) is 0 Å². The number of hydrogen-bond donors (Lipinski definition) is 0. The van der Waals surface area contributed by atoms with Crippen molar-refractivity contribution in [1.29, 1.82) is 0 Å². The highest BCUT2D eigenvalue weighted by molar-refractivity contribution is 5.59. The molecule has 0 fully saturated rings. The molecule has 0 atom stereocenters. The third kappa shape index (κ3) is 2.02. The van der Waals surface area contributed by atoms with Crippen LogP contribution < -0.4 is 0 Å². The first kappa shape index (κ1) is 7.73. The number of aromatic nitrogens is 3. The van der Waals surface area contributed by atoms with E-state index in [-0.39, 0.29) is 0 Å². The Morgan fingerprint density at radius 3 is 2.69 bits per heavy atom. The molecule has 1 heterocycles. The van der Waals surface area contributed by atoms with Gasteiger partial charge in [-0.05, 0) is 11.6 Å². The monoisotopic (exact) mass is 171 g/mol. The highest BCUT2D eigenvalue weighted by atomic mass is 15.4. The van der Waals surface area contributed by atoms with Crippen molar-refractivity contribution in [3.05, 3.63) is 48.3 Å². The average Bonchev–Trinajstić information content (AvgIpc) is 2.69. The van der Waals surface area contributed by atoms with Crippen molar-refractivity contribution in [2.45, 2.75) is 0 Å². The van der Waals surface area contributed by atoms with Crippen molar-refractivity contribution < 1.29 is 0 Å². The van der Waals surface area contributed by atoms with Gasteiger partial charge in [0.2, 0.25) is 0 Å². The average molecular weight is 171 g/mol. The largest absolute Gasteiger partial charge is 0.228 e. The van der Waals surface area contributed by atoms with Crippen LogP contribution in [0.3, 0.4) is 0 Å². The Labute approximate surface area is 76.3 Å². The first-order chi connectivity index (χ1) is 6.45. The van der Waals surface area contributed by atoms with Crippen LogP contribution in [-0.2, 0) is 0 Å². The molecular weight excluding hydrogens is 162 g/mol. The highest BCUT2D eigenvalue weighted by Crippen LogP contribution is 2.01. The highest BCUT2D eigenvalue weighted by Gasteiger charge is 1.84. The summed E-state index contributed by atoms with van der Waals surface area (Å²) in [4.78, 5) is 0. The third-order valence-corrected chi connectivity index (χ3v) is 1.66. The van der Waals surface area contributed by atoms with Gasteiger partial charge in [-0.3, -0.25) is 0 Å². The molecule has 64 valence electrons. The van der Waals surface area contributed by atoms with E-state index in [0.29, 0.717) is 0 Å². The molecule has 0 amide bonds. The molecule has 3 heteroatoms. The fourth-order valence-electron chi connectivity index (χ4n) is 1.02. The van der Waals surface area contributed by atoms with Crippen LogP contribution in [0.2, 0.25) is 0 Å². The number of rotatable bonds is 2. The van der Waals surface area contributed by atoms with Gasteiger partial charge in [-0.15, -0.1) is 5.10 Å². The predicted molar refractivity (Wildman–Crippen MR) is 51.7 cm³/mol. The topological polar surface area (TPSA) is 30.7 Å². The maximum Gasteiger partial charge on any atom is 0.0697 e. The molecule has 2 rings (SSSR count). The Hall–Kier alpha value is -1.90. The van der Waals surface area contributed by atoms with Crippen LogP contribution in [0.15, 0.2) is 42.7 Å². The molecule has 0 radical (unpaired) electrons. The zero-order valence-corrected chi connectivity index (χ0v) is 7.04. The second-order valence-corrected chi connectivity index (χ2v) is 2.61. The second kappa shape index (κ2) is 3.67. The molecule has 1 aromatic heterocycles. The first-order valence-corrected chi connectivity index (χ1v) is 4.04. The fraction of sp³-hybridized carbons (Fsp3) is 0. The molecule has 0 spiro atoms. The van der Waals surface area contributed by atoms with E-state index in [1.807, 2.05) is 42.6 Å². The zero-order chi connectivity index (χ0) is 8.93. The van der Waals surface area contributed by atoms with Gasteiger partial charge in [0, 0.05) is 6.20 Å². The lowest BCUT2D eigenvalue weighted by Gasteiger charge is -1.90. The zero-order valence-electron chi connectivity index (χ0n) is 7.04. The van der Waals surface area contributed by atoms with Crippen LogP contribution in [0.5, 0.6) is 0 Å². The van der Waals surface area contributed by atoms with E-state index in [1.54, 1.807) is 17.1 Å². The van der Waals surface area contributed by atoms with Gasteiger partial charge in [-0.2, -0.15) is 0 Å². The number of hydrogen-bond acceptors (Lipinski definition) is 2. The molecule has 0 aliphatic carbocycles. The van der Waals surface area contributed by atoms with Crippen LogP contribution in [0.4, 0.5) is 0 Å². The van der Waals surface area contributed by atoms with Gasteiger partial charge >= 0.3 is 0 Å². The van der Waals surface area contributed by atoms with Crippen molar-refractivity contribution in [3.8, 4) is 0 Å². The molecule has 0 unspecified atom stereocenters.